The van der Waals surface area contributed by atoms with Crippen LogP contribution in [0.4, 0.5) is 0 Å². The molecule has 19 heavy (non-hydrogen) atoms. The topological polar surface area (TPSA) is 108 Å². The van der Waals surface area contributed by atoms with Crippen molar-refractivity contribution in [2.75, 3.05) is 0 Å². The molecule has 2 rings (SSSR count). The first-order valence-electron chi connectivity index (χ1n) is 5.02. The summed E-state index contributed by atoms with van der Waals surface area (Å²) in [5.74, 6) is -0.898. The Bertz CT molecular complexity index is 662. The molecule has 0 saturated heterocycles. The first kappa shape index (κ1) is 13.4. The Morgan fingerprint density at radius 3 is 2.74 bits per heavy atom. The van der Waals surface area contributed by atoms with Crippen LogP contribution in [0.3, 0.4) is 0 Å². The zero-order valence-corrected chi connectivity index (χ0v) is 10.9. The van der Waals surface area contributed by atoms with Crippen LogP contribution < -0.4 is 11.5 Å². The van der Waals surface area contributed by atoms with E-state index in [1.165, 1.54) is 0 Å². The third-order valence-corrected chi connectivity index (χ3v) is 2.68. The van der Waals surface area contributed by atoms with E-state index in [-0.39, 0.29) is 17.5 Å². The number of hydrogen-bond donors (Lipinski definition) is 2. The molecule has 0 spiro atoms. The first-order chi connectivity index (χ1) is 8.97. The second-order valence-electron chi connectivity index (χ2n) is 3.50. The van der Waals surface area contributed by atoms with E-state index in [1.807, 2.05) is 0 Å². The molecule has 0 unspecified atom stereocenters. The summed E-state index contributed by atoms with van der Waals surface area (Å²) >= 11 is 11.8. The maximum Gasteiger partial charge on any atom is 0.302 e. The maximum atomic E-state index is 11.5. The molecule has 6 nitrogen and oxygen atoms in total. The molecule has 2 aromatic rings. The molecule has 0 fully saturated rings. The normalized spacial score (nSPS) is 10.2. The first-order valence-corrected chi connectivity index (χ1v) is 5.78. The van der Waals surface area contributed by atoms with Crippen LogP contribution in [0.15, 0.2) is 33.9 Å². The van der Waals surface area contributed by atoms with Crippen molar-refractivity contribution in [2.45, 2.75) is 0 Å². The molecule has 0 aliphatic carbocycles. The van der Waals surface area contributed by atoms with Gasteiger partial charge in [0.25, 0.3) is 0 Å². The smallest absolute Gasteiger partial charge is 0.302 e. The standard InChI is InChI=1S/C11H8Cl2N4O2/c12-5-1-2-7(13)6(3-5)10-16-8(4-19-10)9(18)17-11(14)15/h1-4H,(H4,14,15,17,18). The van der Waals surface area contributed by atoms with Crippen molar-refractivity contribution in [3.63, 3.8) is 0 Å². The van der Waals surface area contributed by atoms with Crippen LogP contribution in [0.5, 0.6) is 0 Å². The number of aromatic nitrogens is 1. The number of aliphatic imine (C=N–C) groups is 1. The lowest BCUT2D eigenvalue weighted by molar-refractivity contribution is 0.0998. The van der Waals surface area contributed by atoms with Gasteiger partial charge in [0.05, 0.1) is 10.6 Å². The van der Waals surface area contributed by atoms with E-state index in [0.29, 0.717) is 15.6 Å². The predicted octanol–water partition coefficient (Wildman–Crippen LogP) is 2.06. The summed E-state index contributed by atoms with van der Waals surface area (Å²) in [5, 5.41) is 0.863. The highest BCUT2D eigenvalue weighted by atomic mass is 35.5. The van der Waals surface area contributed by atoms with Crippen LogP contribution in [-0.2, 0) is 0 Å². The maximum absolute atomic E-state index is 11.5. The summed E-state index contributed by atoms with van der Waals surface area (Å²) in [6, 6.07) is 4.80. The molecular formula is C11H8Cl2N4O2. The van der Waals surface area contributed by atoms with Crippen LogP contribution in [0.25, 0.3) is 11.5 Å². The predicted molar refractivity (Wildman–Crippen MR) is 72.1 cm³/mol. The van der Waals surface area contributed by atoms with E-state index < -0.39 is 5.91 Å². The van der Waals surface area contributed by atoms with Crippen molar-refractivity contribution in [3.05, 3.63) is 40.2 Å². The molecular weight excluding hydrogens is 291 g/mol. The minimum Gasteiger partial charge on any atom is -0.444 e. The van der Waals surface area contributed by atoms with Gasteiger partial charge in [-0.15, -0.1) is 0 Å². The molecule has 0 bridgehead atoms. The lowest BCUT2D eigenvalue weighted by Gasteiger charge is -1.99. The lowest BCUT2D eigenvalue weighted by atomic mass is 10.2. The number of nitrogens with zero attached hydrogens (tertiary/aromatic N) is 2. The number of carbonyl (C=O) groups is 1. The fourth-order valence-electron chi connectivity index (χ4n) is 1.33. The second kappa shape index (κ2) is 5.29. The van der Waals surface area contributed by atoms with E-state index in [4.69, 9.17) is 39.1 Å². The summed E-state index contributed by atoms with van der Waals surface area (Å²) in [6.45, 7) is 0. The largest absolute Gasteiger partial charge is 0.444 e. The Morgan fingerprint density at radius 2 is 2.05 bits per heavy atom. The minimum absolute atomic E-state index is 0.0283. The highest BCUT2D eigenvalue weighted by Gasteiger charge is 2.15. The van der Waals surface area contributed by atoms with E-state index in [9.17, 15) is 4.79 Å². The van der Waals surface area contributed by atoms with Crippen molar-refractivity contribution in [1.29, 1.82) is 0 Å². The van der Waals surface area contributed by atoms with Gasteiger partial charge in [-0.25, -0.2) is 4.98 Å². The fraction of sp³-hybridized carbons (Fsp3) is 0. The molecule has 1 aromatic carbocycles. The SMILES string of the molecule is NC(N)=NC(=O)c1coc(-c2cc(Cl)ccc2Cl)n1. The molecule has 0 aliphatic rings. The van der Waals surface area contributed by atoms with Crippen LogP contribution in [0, 0.1) is 0 Å². The van der Waals surface area contributed by atoms with Gasteiger partial charge in [0.2, 0.25) is 5.89 Å². The Hall–Kier alpha value is -2.05. The fourth-order valence-corrected chi connectivity index (χ4v) is 1.70. The number of guanidine groups is 1. The van der Waals surface area contributed by atoms with Crippen LogP contribution in [-0.4, -0.2) is 16.9 Å². The summed E-state index contributed by atoms with van der Waals surface area (Å²) in [5.41, 5.74) is 10.6. The number of halogens is 2. The molecule has 0 radical (unpaired) electrons. The van der Waals surface area contributed by atoms with Gasteiger partial charge in [-0.1, -0.05) is 23.2 Å². The van der Waals surface area contributed by atoms with Gasteiger partial charge in [0, 0.05) is 5.02 Å². The molecule has 0 saturated carbocycles. The number of nitrogens with two attached hydrogens (primary N) is 2. The number of oxazole rings is 1. The number of amides is 1. The summed E-state index contributed by atoms with van der Waals surface area (Å²) in [7, 11) is 0. The van der Waals surface area contributed by atoms with Gasteiger partial charge >= 0.3 is 5.91 Å². The number of rotatable bonds is 2. The third kappa shape index (κ3) is 3.04. The highest BCUT2D eigenvalue weighted by Crippen LogP contribution is 2.29. The quantitative estimate of drug-likeness (QED) is 0.652. The van der Waals surface area contributed by atoms with Crippen molar-refractivity contribution in [2.24, 2.45) is 16.5 Å². The summed E-state index contributed by atoms with van der Waals surface area (Å²) < 4.78 is 5.16. The average Bonchev–Trinajstić information content (AvgIpc) is 2.80. The van der Waals surface area contributed by atoms with E-state index >= 15 is 0 Å². The van der Waals surface area contributed by atoms with Crippen LogP contribution >= 0.6 is 23.2 Å². The van der Waals surface area contributed by atoms with Gasteiger partial charge in [-0.05, 0) is 18.2 Å². The number of hydrogen-bond acceptors (Lipinski definition) is 3. The molecule has 1 amide bonds. The summed E-state index contributed by atoms with van der Waals surface area (Å²) in [6.07, 6.45) is 1.14. The zero-order chi connectivity index (χ0) is 14.0. The Balaban J connectivity index is 2.38. The zero-order valence-electron chi connectivity index (χ0n) is 9.43. The molecule has 1 aromatic heterocycles. The van der Waals surface area contributed by atoms with Crippen LogP contribution in [0.2, 0.25) is 10.0 Å². The monoisotopic (exact) mass is 298 g/mol. The Labute approximate surface area is 118 Å². The van der Waals surface area contributed by atoms with Gasteiger partial charge in [0.15, 0.2) is 11.7 Å². The molecule has 0 aliphatic heterocycles. The molecule has 98 valence electrons. The van der Waals surface area contributed by atoms with Crippen molar-refractivity contribution in [3.8, 4) is 11.5 Å². The molecule has 4 N–H and O–H groups in total. The highest BCUT2D eigenvalue weighted by molar-refractivity contribution is 6.35. The summed E-state index contributed by atoms with van der Waals surface area (Å²) in [4.78, 5) is 18.8. The van der Waals surface area contributed by atoms with Crippen molar-refractivity contribution in [1.82, 2.24) is 4.98 Å². The van der Waals surface area contributed by atoms with Gasteiger partial charge < -0.3 is 15.9 Å². The van der Waals surface area contributed by atoms with E-state index in [0.717, 1.165) is 6.26 Å². The molecule has 0 atom stereocenters. The minimum atomic E-state index is -0.701. The second-order valence-corrected chi connectivity index (χ2v) is 4.35. The lowest BCUT2D eigenvalue weighted by Crippen LogP contribution is -2.24. The average molecular weight is 299 g/mol. The van der Waals surface area contributed by atoms with Gasteiger partial charge in [-0.3, -0.25) is 4.79 Å². The van der Waals surface area contributed by atoms with Gasteiger partial charge in [-0.2, -0.15) is 4.99 Å². The Kier molecular flexibility index (Phi) is 3.73. The van der Waals surface area contributed by atoms with E-state index in [2.05, 4.69) is 9.98 Å². The molecule has 8 heteroatoms. The molecule has 1 heterocycles. The third-order valence-electron chi connectivity index (χ3n) is 2.11. The van der Waals surface area contributed by atoms with Crippen molar-refractivity contribution < 1.29 is 9.21 Å². The van der Waals surface area contributed by atoms with Gasteiger partial charge in [0.1, 0.15) is 6.26 Å². The Morgan fingerprint density at radius 1 is 1.32 bits per heavy atom. The number of carbonyl (C=O) groups excluding carboxylic acids is 1. The number of benzene rings is 1. The van der Waals surface area contributed by atoms with Crippen molar-refractivity contribution >= 4 is 35.1 Å². The van der Waals surface area contributed by atoms with Crippen LogP contribution in [0.1, 0.15) is 10.5 Å². The van der Waals surface area contributed by atoms with E-state index in [1.54, 1.807) is 18.2 Å².